The van der Waals surface area contributed by atoms with Crippen molar-refractivity contribution in [2.45, 2.75) is 12.5 Å². The van der Waals surface area contributed by atoms with Crippen molar-refractivity contribution in [3.63, 3.8) is 0 Å². The van der Waals surface area contributed by atoms with Gasteiger partial charge in [0.1, 0.15) is 5.75 Å². The maximum atomic E-state index is 10.4. The maximum Gasteiger partial charge on any atom is 0.269 e. The molecule has 1 aromatic rings. The van der Waals surface area contributed by atoms with Gasteiger partial charge >= 0.3 is 0 Å². The van der Waals surface area contributed by atoms with Gasteiger partial charge in [-0.15, -0.1) is 0 Å². The summed E-state index contributed by atoms with van der Waals surface area (Å²) in [6.07, 6.45) is 0.424. The van der Waals surface area contributed by atoms with Crippen LogP contribution < -0.4 is 10.5 Å². The first-order valence-electron chi connectivity index (χ1n) is 4.66. The third-order valence-electron chi connectivity index (χ3n) is 1.91. The lowest BCUT2D eigenvalue weighted by Crippen LogP contribution is -2.20. The summed E-state index contributed by atoms with van der Waals surface area (Å²) in [6, 6.07) is 7.08. The Kier molecular flexibility index (Phi) is 4.24. The zero-order valence-corrected chi connectivity index (χ0v) is 8.50. The maximum absolute atomic E-state index is 10.4. The fourth-order valence-electron chi connectivity index (χ4n) is 1.03. The molecule has 0 radical (unpaired) electrons. The monoisotopic (exact) mass is 221 g/mol. The van der Waals surface area contributed by atoms with E-state index in [0.29, 0.717) is 18.8 Å². The summed E-state index contributed by atoms with van der Waals surface area (Å²) < 4.78 is 5.26. The van der Waals surface area contributed by atoms with Crippen LogP contribution in [0.25, 0.3) is 0 Å². The molecule has 0 aliphatic heterocycles. The standard InChI is InChI=1S/C10H11N3O3/c11-7-8(12)5-6-16-10-3-1-9(2-4-10)13(14)15/h1-4,8H,5-6,12H2. The minimum atomic E-state index is -0.543. The summed E-state index contributed by atoms with van der Waals surface area (Å²) in [7, 11) is 0. The smallest absolute Gasteiger partial charge is 0.269 e. The second kappa shape index (κ2) is 5.68. The number of nitro groups is 1. The molecule has 0 aromatic heterocycles. The molecule has 0 bridgehead atoms. The van der Waals surface area contributed by atoms with Gasteiger partial charge in [0.05, 0.1) is 23.6 Å². The number of nitrogens with two attached hydrogens (primary N) is 1. The number of rotatable bonds is 5. The van der Waals surface area contributed by atoms with Gasteiger partial charge in [0.2, 0.25) is 0 Å². The van der Waals surface area contributed by atoms with Crippen molar-refractivity contribution in [2.24, 2.45) is 5.73 Å². The number of nitrogens with zero attached hydrogens (tertiary/aromatic N) is 2. The van der Waals surface area contributed by atoms with Crippen LogP contribution in [0, 0.1) is 21.4 Å². The topological polar surface area (TPSA) is 102 Å². The van der Waals surface area contributed by atoms with Crippen molar-refractivity contribution in [1.29, 1.82) is 5.26 Å². The Labute approximate surface area is 92.4 Å². The van der Waals surface area contributed by atoms with Crippen molar-refractivity contribution >= 4 is 5.69 Å². The fraction of sp³-hybridized carbons (Fsp3) is 0.300. The predicted octanol–water partition coefficient (Wildman–Crippen LogP) is 1.21. The van der Waals surface area contributed by atoms with Gasteiger partial charge in [-0.05, 0) is 12.1 Å². The Morgan fingerprint density at radius 1 is 1.50 bits per heavy atom. The van der Waals surface area contributed by atoms with Gasteiger partial charge in [0.25, 0.3) is 5.69 Å². The quantitative estimate of drug-likeness (QED) is 0.594. The first-order chi connectivity index (χ1) is 7.63. The Morgan fingerprint density at radius 3 is 2.62 bits per heavy atom. The molecule has 0 amide bonds. The van der Waals surface area contributed by atoms with E-state index in [1.54, 1.807) is 0 Å². The van der Waals surface area contributed by atoms with Crippen LogP contribution in [-0.4, -0.2) is 17.6 Å². The summed E-state index contributed by atoms with van der Waals surface area (Å²) in [5.74, 6) is 0.524. The minimum Gasteiger partial charge on any atom is -0.493 e. The van der Waals surface area contributed by atoms with E-state index in [1.807, 2.05) is 6.07 Å². The second-order valence-electron chi connectivity index (χ2n) is 3.12. The molecule has 0 saturated carbocycles. The van der Waals surface area contributed by atoms with Crippen molar-refractivity contribution in [3.8, 4) is 11.8 Å². The predicted molar refractivity (Wildman–Crippen MR) is 56.8 cm³/mol. The van der Waals surface area contributed by atoms with Crippen molar-refractivity contribution in [2.75, 3.05) is 6.61 Å². The lowest BCUT2D eigenvalue weighted by Gasteiger charge is -2.06. The highest BCUT2D eigenvalue weighted by molar-refractivity contribution is 5.35. The van der Waals surface area contributed by atoms with Crippen LogP contribution in [0.5, 0.6) is 5.75 Å². The number of nitro benzene ring substituents is 1. The zero-order valence-electron chi connectivity index (χ0n) is 8.50. The lowest BCUT2D eigenvalue weighted by atomic mass is 10.2. The Bertz CT molecular complexity index is 397. The van der Waals surface area contributed by atoms with Gasteiger partial charge in [-0.2, -0.15) is 5.26 Å². The van der Waals surface area contributed by atoms with E-state index in [9.17, 15) is 10.1 Å². The molecule has 16 heavy (non-hydrogen) atoms. The van der Waals surface area contributed by atoms with Crippen LogP contribution in [0.1, 0.15) is 6.42 Å². The number of benzene rings is 1. The van der Waals surface area contributed by atoms with E-state index in [4.69, 9.17) is 15.7 Å². The highest BCUT2D eigenvalue weighted by Crippen LogP contribution is 2.17. The molecular formula is C10H11N3O3. The molecule has 1 aromatic carbocycles. The molecule has 1 atom stereocenters. The molecule has 0 aliphatic rings. The van der Waals surface area contributed by atoms with Crippen LogP contribution in [0.2, 0.25) is 0 Å². The van der Waals surface area contributed by atoms with Gasteiger partial charge in [0.15, 0.2) is 0 Å². The van der Waals surface area contributed by atoms with E-state index in [2.05, 4.69) is 0 Å². The number of hydrogen-bond acceptors (Lipinski definition) is 5. The average molecular weight is 221 g/mol. The van der Waals surface area contributed by atoms with E-state index in [0.717, 1.165) is 0 Å². The Balaban J connectivity index is 2.44. The molecule has 1 unspecified atom stereocenters. The normalized spacial score (nSPS) is 11.5. The van der Waals surface area contributed by atoms with Crippen LogP contribution in [0.4, 0.5) is 5.69 Å². The van der Waals surface area contributed by atoms with Crippen molar-refractivity contribution < 1.29 is 9.66 Å². The number of hydrogen-bond donors (Lipinski definition) is 1. The number of non-ortho nitro benzene ring substituents is 1. The molecule has 0 aliphatic carbocycles. The zero-order chi connectivity index (χ0) is 12.0. The minimum absolute atomic E-state index is 0.0149. The molecule has 1 rings (SSSR count). The summed E-state index contributed by atoms with van der Waals surface area (Å²) in [5, 5.41) is 18.8. The summed E-state index contributed by atoms with van der Waals surface area (Å²) >= 11 is 0. The molecule has 0 fully saturated rings. The largest absolute Gasteiger partial charge is 0.493 e. The molecule has 2 N–H and O–H groups in total. The van der Waals surface area contributed by atoms with Gasteiger partial charge in [0, 0.05) is 18.6 Å². The Hall–Kier alpha value is -2.13. The SMILES string of the molecule is N#CC(N)CCOc1ccc([N+](=O)[O-])cc1. The van der Waals surface area contributed by atoms with Gasteiger partial charge in [-0.3, -0.25) is 10.1 Å². The lowest BCUT2D eigenvalue weighted by molar-refractivity contribution is -0.384. The van der Waals surface area contributed by atoms with E-state index in [-0.39, 0.29) is 5.69 Å². The van der Waals surface area contributed by atoms with Crippen molar-refractivity contribution in [3.05, 3.63) is 34.4 Å². The first kappa shape index (κ1) is 11.9. The van der Waals surface area contributed by atoms with Crippen LogP contribution in [0.3, 0.4) is 0 Å². The Morgan fingerprint density at radius 2 is 2.12 bits per heavy atom. The van der Waals surface area contributed by atoms with Gasteiger partial charge in [-0.25, -0.2) is 0 Å². The number of ether oxygens (including phenoxy) is 1. The van der Waals surface area contributed by atoms with E-state index < -0.39 is 11.0 Å². The molecule has 0 saturated heterocycles. The third-order valence-corrected chi connectivity index (χ3v) is 1.91. The average Bonchev–Trinajstić information content (AvgIpc) is 2.29. The highest BCUT2D eigenvalue weighted by Gasteiger charge is 2.05. The van der Waals surface area contributed by atoms with Crippen LogP contribution >= 0.6 is 0 Å². The molecule has 84 valence electrons. The molecule has 6 nitrogen and oxygen atoms in total. The van der Waals surface area contributed by atoms with Gasteiger partial charge in [-0.1, -0.05) is 0 Å². The first-order valence-corrected chi connectivity index (χ1v) is 4.66. The number of nitriles is 1. The molecule has 0 heterocycles. The second-order valence-corrected chi connectivity index (χ2v) is 3.12. The summed E-state index contributed by atoms with van der Waals surface area (Å²) in [5.41, 5.74) is 5.39. The molecule has 0 spiro atoms. The molecule has 6 heteroatoms. The third kappa shape index (κ3) is 3.55. The molecular weight excluding hydrogens is 210 g/mol. The van der Waals surface area contributed by atoms with Crippen LogP contribution in [0.15, 0.2) is 24.3 Å². The summed E-state index contributed by atoms with van der Waals surface area (Å²) in [4.78, 5) is 9.89. The van der Waals surface area contributed by atoms with E-state index in [1.165, 1.54) is 24.3 Å². The van der Waals surface area contributed by atoms with Crippen molar-refractivity contribution in [1.82, 2.24) is 0 Å². The van der Waals surface area contributed by atoms with E-state index >= 15 is 0 Å². The highest BCUT2D eigenvalue weighted by atomic mass is 16.6. The van der Waals surface area contributed by atoms with Gasteiger partial charge < -0.3 is 10.5 Å². The summed E-state index contributed by atoms with van der Waals surface area (Å²) in [6.45, 7) is 0.312. The van der Waals surface area contributed by atoms with Crippen LogP contribution in [-0.2, 0) is 0 Å². The fourth-order valence-corrected chi connectivity index (χ4v) is 1.03.